The number of rotatable bonds is 5. The van der Waals surface area contributed by atoms with Crippen molar-refractivity contribution in [1.82, 2.24) is 9.80 Å². The van der Waals surface area contributed by atoms with Crippen molar-refractivity contribution in [1.29, 1.82) is 0 Å². The molecule has 1 heterocycles. The lowest BCUT2D eigenvalue weighted by molar-refractivity contribution is -0.275. The zero-order valence-corrected chi connectivity index (χ0v) is 13.1. The lowest BCUT2D eigenvalue weighted by Crippen LogP contribution is -2.39. The van der Waals surface area contributed by atoms with E-state index in [0.29, 0.717) is 11.6 Å². The fraction of sp³-hybridized carbons (Fsp3) is 0.429. The van der Waals surface area contributed by atoms with Gasteiger partial charge < -0.3 is 14.5 Å². The van der Waals surface area contributed by atoms with Crippen molar-refractivity contribution in [3.63, 3.8) is 0 Å². The normalized spacial score (nSPS) is 15.0. The molecule has 5 nitrogen and oxygen atoms in total. The van der Waals surface area contributed by atoms with Crippen molar-refractivity contribution < 1.29 is 27.5 Å². The zero-order chi connectivity index (χ0) is 17.0. The van der Waals surface area contributed by atoms with Crippen LogP contribution < -0.4 is 4.74 Å². The van der Waals surface area contributed by atoms with Crippen molar-refractivity contribution in [3.05, 3.63) is 29.8 Å². The Morgan fingerprint density at radius 1 is 1.39 bits per heavy atom. The lowest BCUT2D eigenvalue weighted by Gasteiger charge is -2.22. The van der Waals surface area contributed by atoms with Crippen LogP contribution in [0.1, 0.15) is 5.56 Å². The van der Waals surface area contributed by atoms with Gasteiger partial charge in [0.15, 0.2) is 0 Å². The van der Waals surface area contributed by atoms with Crippen LogP contribution in [0.3, 0.4) is 0 Å². The van der Waals surface area contributed by atoms with Crippen LogP contribution in [0.25, 0.3) is 0 Å². The zero-order valence-electron chi connectivity index (χ0n) is 12.3. The number of amides is 2. The Morgan fingerprint density at radius 2 is 2.09 bits per heavy atom. The Labute approximate surface area is 135 Å². The summed E-state index contributed by atoms with van der Waals surface area (Å²) >= 11 is 1.42. The van der Waals surface area contributed by atoms with Gasteiger partial charge in [0.25, 0.3) is 0 Å². The molecule has 0 aromatic heterocycles. The quantitative estimate of drug-likeness (QED) is 0.818. The Balaban J connectivity index is 2.00. The highest BCUT2D eigenvalue weighted by Gasteiger charge is 2.32. The maximum atomic E-state index is 12.4. The average Bonchev–Trinajstić information content (AvgIpc) is 2.85. The van der Waals surface area contributed by atoms with Gasteiger partial charge in [-0.15, -0.1) is 24.9 Å². The Bertz CT molecular complexity index is 595. The van der Waals surface area contributed by atoms with Crippen LogP contribution in [-0.4, -0.2) is 53.2 Å². The van der Waals surface area contributed by atoms with E-state index in [4.69, 9.17) is 0 Å². The van der Waals surface area contributed by atoms with Crippen molar-refractivity contribution in [2.24, 2.45) is 0 Å². The van der Waals surface area contributed by atoms with E-state index in [0.717, 1.165) is 0 Å². The highest BCUT2D eigenvalue weighted by Crippen LogP contribution is 2.27. The second kappa shape index (κ2) is 7.12. The highest BCUT2D eigenvalue weighted by molar-refractivity contribution is 8.00. The van der Waals surface area contributed by atoms with Crippen LogP contribution >= 0.6 is 11.8 Å². The number of hydrogen-bond donors (Lipinski definition) is 0. The molecule has 2 amide bonds. The number of likely N-dealkylation sites (N-methyl/N-ethyl adjacent to an activating group) is 1. The summed E-state index contributed by atoms with van der Waals surface area (Å²) < 4.78 is 41.1. The topological polar surface area (TPSA) is 49.9 Å². The average molecular weight is 348 g/mol. The van der Waals surface area contributed by atoms with Crippen molar-refractivity contribution in [2.75, 3.05) is 25.2 Å². The molecule has 1 saturated heterocycles. The van der Waals surface area contributed by atoms with Gasteiger partial charge in [-0.1, -0.05) is 18.2 Å². The fourth-order valence-electron chi connectivity index (χ4n) is 2.03. The molecule has 0 bridgehead atoms. The molecule has 0 unspecified atom stereocenters. The van der Waals surface area contributed by atoms with Gasteiger partial charge in [-0.25, -0.2) is 0 Å². The first-order valence-corrected chi connectivity index (χ1v) is 7.85. The molecule has 0 radical (unpaired) electrons. The molecule has 0 aliphatic carbocycles. The number of alkyl halides is 3. The van der Waals surface area contributed by atoms with Crippen LogP contribution in [0.2, 0.25) is 0 Å². The van der Waals surface area contributed by atoms with E-state index in [1.165, 1.54) is 46.8 Å². The number of para-hydroxylation sites is 1. The van der Waals surface area contributed by atoms with Crippen LogP contribution in [0, 0.1) is 0 Å². The van der Waals surface area contributed by atoms with Crippen molar-refractivity contribution >= 4 is 23.6 Å². The third-order valence-electron chi connectivity index (χ3n) is 3.18. The summed E-state index contributed by atoms with van der Waals surface area (Å²) in [6.07, 6.45) is -4.79. The second-order valence-corrected chi connectivity index (χ2v) is 5.93. The standard InChI is InChI=1S/C14H15F3N2O3S/c1-18(12(20)7-19-9-23-8-13(19)21)6-10-4-2-3-5-11(10)22-14(15,16)17/h2-5H,6-9H2,1H3. The van der Waals surface area contributed by atoms with Gasteiger partial charge in [-0.3, -0.25) is 9.59 Å². The summed E-state index contributed by atoms with van der Waals surface area (Å²) in [6, 6.07) is 5.65. The molecule has 0 N–H and O–H groups in total. The molecule has 1 fully saturated rings. The first kappa shape index (κ1) is 17.5. The Kier molecular flexibility index (Phi) is 5.40. The van der Waals surface area contributed by atoms with E-state index in [-0.39, 0.29) is 36.2 Å². The van der Waals surface area contributed by atoms with Gasteiger partial charge in [-0.2, -0.15) is 0 Å². The van der Waals surface area contributed by atoms with E-state index >= 15 is 0 Å². The van der Waals surface area contributed by atoms with Crippen LogP contribution in [0.15, 0.2) is 24.3 Å². The predicted molar refractivity (Wildman–Crippen MR) is 78.6 cm³/mol. The number of carbonyl (C=O) groups excluding carboxylic acids is 2. The second-order valence-electron chi connectivity index (χ2n) is 4.97. The summed E-state index contributed by atoms with van der Waals surface area (Å²) in [7, 11) is 1.47. The number of nitrogens with zero attached hydrogens (tertiary/aromatic N) is 2. The van der Waals surface area contributed by atoms with Gasteiger partial charge >= 0.3 is 6.36 Å². The molecule has 1 aromatic carbocycles. The number of hydrogen-bond acceptors (Lipinski definition) is 4. The SMILES string of the molecule is CN(Cc1ccccc1OC(F)(F)F)C(=O)CN1CSCC1=O. The first-order valence-electron chi connectivity index (χ1n) is 6.69. The predicted octanol–water partition coefficient (Wildman–Crippen LogP) is 2.08. The molecule has 1 aromatic rings. The lowest BCUT2D eigenvalue weighted by atomic mass is 10.2. The minimum absolute atomic E-state index is 0.0414. The van der Waals surface area contributed by atoms with Crippen molar-refractivity contribution in [3.8, 4) is 5.75 Å². The van der Waals surface area contributed by atoms with Gasteiger partial charge in [0.2, 0.25) is 11.8 Å². The molecule has 9 heteroatoms. The molecule has 1 aliphatic rings. The molecule has 126 valence electrons. The fourth-order valence-corrected chi connectivity index (χ4v) is 2.93. The molecular formula is C14H15F3N2O3S. The smallest absolute Gasteiger partial charge is 0.405 e. The van der Waals surface area contributed by atoms with Crippen molar-refractivity contribution in [2.45, 2.75) is 12.9 Å². The Hall–Kier alpha value is -1.90. The maximum absolute atomic E-state index is 12.4. The number of thioether (sulfide) groups is 1. The van der Waals surface area contributed by atoms with E-state index in [2.05, 4.69) is 4.74 Å². The van der Waals surface area contributed by atoms with Gasteiger partial charge in [0.1, 0.15) is 12.3 Å². The Morgan fingerprint density at radius 3 is 2.70 bits per heavy atom. The third kappa shape index (κ3) is 5.05. The van der Waals surface area contributed by atoms with E-state index in [1.807, 2.05) is 0 Å². The number of ether oxygens (including phenoxy) is 1. The van der Waals surface area contributed by atoms with Gasteiger partial charge in [0, 0.05) is 19.2 Å². The summed E-state index contributed by atoms with van der Waals surface area (Å²) in [5.74, 6) is -0.00139. The van der Waals surface area contributed by atoms with Gasteiger partial charge in [-0.05, 0) is 6.07 Å². The molecule has 2 rings (SSSR count). The van der Waals surface area contributed by atoms with E-state index in [9.17, 15) is 22.8 Å². The minimum atomic E-state index is -4.79. The molecule has 0 spiro atoms. The molecule has 0 atom stereocenters. The van der Waals surface area contributed by atoms with Crippen LogP contribution in [-0.2, 0) is 16.1 Å². The van der Waals surface area contributed by atoms with E-state index in [1.54, 1.807) is 6.07 Å². The van der Waals surface area contributed by atoms with E-state index < -0.39 is 6.36 Å². The highest BCUT2D eigenvalue weighted by atomic mass is 32.2. The monoisotopic (exact) mass is 348 g/mol. The van der Waals surface area contributed by atoms with Crippen LogP contribution in [0.4, 0.5) is 13.2 Å². The number of halogens is 3. The first-order chi connectivity index (χ1) is 10.8. The molecular weight excluding hydrogens is 333 g/mol. The third-order valence-corrected chi connectivity index (χ3v) is 4.13. The molecule has 1 aliphatic heterocycles. The molecule has 23 heavy (non-hydrogen) atoms. The summed E-state index contributed by atoms with van der Waals surface area (Å²) in [6.45, 7) is -0.120. The molecule has 0 saturated carbocycles. The largest absolute Gasteiger partial charge is 0.573 e. The summed E-state index contributed by atoms with van der Waals surface area (Å²) in [5.41, 5.74) is 0.239. The van der Waals surface area contributed by atoms with Gasteiger partial charge in [0.05, 0.1) is 11.6 Å². The maximum Gasteiger partial charge on any atom is 0.573 e. The summed E-state index contributed by atoms with van der Waals surface area (Å²) in [4.78, 5) is 26.3. The van der Waals surface area contributed by atoms with Crippen LogP contribution in [0.5, 0.6) is 5.75 Å². The summed E-state index contributed by atoms with van der Waals surface area (Å²) in [5, 5.41) is 0. The number of carbonyl (C=O) groups is 2. The number of benzene rings is 1. The minimum Gasteiger partial charge on any atom is -0.405 e.